The van der Waals surface area contributed by atoms with Gasteiger partial charge in [-0.15, -0.1) is 0 Å². The molecule has 0 saturated heterocycles. The summed E-state index contributed by atoms with van der Waals surface area (Å²) >= 11 is 0. The fourth-order valence-corrected chi connectivity index (χ4v) is 4.59. The van der Waals surface area contributed by atoms with Gasteiger partial charge in [-0.25, -0.2) is 9.79 Å². The van der Waals surface area contributed by atoms with Gasteiger partial charge in [-0.05, 0) is 35.7 Å². The van der Waals surface area contributed by atoms with E-state index >= 15 is 0 Å². The van der Waals surface area contributed by atoms with Crippen LogP contribution >= 0.6 is 0 Å². The number of halogens is 6. The molecule has 1 heterocycles. The van der Waals surface area contributed by atoms with Crippen molar-refractivity contribution in [1.29, 1.82) is 0 Å². The zero-order chi connectivity index (χ0) is 29.1. The van der Waals surface area contributed by atoms with E-state index < -0.39 is 35.5 Å². The Labute approximate surface area is 226 Å². The van der Waals surface area contributed by atoms with Gasteiger partial charge in [0, 0.05) is 5.70 Å². The van der Waals surface area contributed by atoms with Crippen LogP contribution in [0.4, 0.5) is 26.3 Å². The quantitative estimate of drug-likeness (QED) is 0.264. The molecule has 1 aliphatic heterocycles. The van der Waals surface area contributed by atoms with E-state index in [1.54, 1.807) is 30.3 Å². The Morgan fingerprint density at radius 3 is 2.08 bits per heavy atom. The van der Waals surface area contributed by atoms with Gasteiger partial charge < -0.3 is 15.0 Å². The van der Waals surface area contributed by atoms with E-state index in [0.717, 1.165) is 24.8 Å². The molecule has 0 saturated carbocycles. The minimum atomic E-state index is -4.74. The van der Waals surface area contributed by atoms with Gasteiger partial charge in [0.1, 0.15) is 0 Å². The van der Waals surface area contributed by atoms with Crippen molar-refractivity contribution in [2.75, 3.05) is 7.11 Å². The summed E-state index contributed by atoms with van der Waals surface area (Å²) in [4.78, 5) is 18.9. The Hall–Kier alpha value is -4.28. The molecule has 0 spiro atoms. The molecule has 3 aromatic carbocycles. The smallest absolute Gasteiger partial charge is 0.416 e. The molecule has 1 N–H and O–H groups in total. The van der Waals surface area contributed by atoms with Crippen molar-refractivity contribution in [3.8, 4) is 0 Å². The van der Waals surface area contributed by atoms with E-state index in [4.69, 9.17) is 4.74 Å². The third-order valence-corrected chi connectivity index (χ3v) is 6.50. The van der Waals surface area contributed by atoms with Crippen molar-refractivity contribution >= 4 is 11.9 Å². The number of ether oxygens (including phenoxy) is 1. The maximum absolute atomic E-state index is 14.0. The topological polar surface area (TPSA) is 53.9 Å². The molecule has 1 atom stereocenters. The van der Waals surface area contributed by atoms with Gasteiger partial charge in [0.25, 0.3) is 0 Å². The largest absolute Gasteiger partial charge is 0.466 e. The molecule has 0 fully saturated rings. The number of allylic oxidation sites excluding steroid dienone is 1. The number of esters is 1. The number of hydrogen-bond donors (Lipinski definition) is 1. The van der Waals surface area contributed by atoms with E-state index in [2.05, 4.69) is 10.3 Å². The summed E-state index contributed by atoms with van der Waals surface area (Å²) in [5.41, 5.74) is -1.52. The van der Waals surface area contributed by atoms with Gasteiger partial charge in [-0.2, -0.15) is 26.3 Å². The zero-order valence-corrected chi connectivity index (χ0v) is 21.5. The standard InChI is InChI=1S/C29H25F6N3O2/c1-18-24(26(39)40-2)25(21-13-7-9-15-23(21)29(33,34)35)37-27(36-16-19-10-4-3-5-11-19)38(18)17-20-12-6-8-14-22(20)28(30,31)32/h3-15,25H,16-17H2,1-2H3,(H,36,37). The SMILES string of the molecule is COC(=O)C1=C(C)N(Cc2ccccc2C(F)(F)F)C(=NCc2ccccc2)NC1c1ccccc1C(F)(F)F. The van der Waals surface area contributed by atoms with Crippen molar-refractivity contribution in [3.05, 3.63) is 118 Å². The summed E-state index contributed by atoms with van der Waals surface area (Å²) in [6, 6.07) is 17.3. The van der Waals surface area contributed by atoms with Gasteiger partial charge in [0.15, 0.2) is 5.96 Å². The average molecular weight is 562 g/mol. The number of hydrogen-bond acceptors (Lipinski definition) is 3. The van der Waals surface area contributed by atoms with Crippen molar-refractivity contribution in [2.24, 2.45) is 4.99 Å². The summed E-state index contributed by atoms with van der Waals surface area (Å²) in [7, 11) is 1.08. The van der Waals surface area contributed by atoms with Crippen molar-refractivity contribution < 1.29 is 35.9 Å². The number of guanidine groups is 1. The van der Waals surface area contributed by atoms with Gasteiger partial charge in [0.2, 0.25) is 0 Å². The van der Waals surface area contributed by atoms with E-state index in [9.17, 15) is 31.1 Å². The number of carbonyl (C=O) groups is 1. The molecule has 1 aliphatic rings. The molecule has 40 heavy (non-hydrogen) atoms. The van der Waals surface area contributed by atoms with Gasteiger partial charge >= 0.3 is 18.3 Å². The van der Waals surface area contributed by atoms with Crippen molar-refractivity contribution in [3.63, 3.8) is 0 Å². The van der Waals surface area contributed by atoms with Crippen LogP contribution in [-0.4, -0.2) is 23.9 Å². The molecule has 0 amide bonds. The Balaban J connectivity index is 1.90. The Morgan fingerprint density at radius 2 is 1.45 bits per heavy atom. The zero-order valence-electron chi connectivity index (χ0n) is 21.5. The lowest BCUT2D eigenvalue weighted by Gasteiger charge is -2.39. The second kappa shape index (κ2) is 11.4. The summed E-state index contributed by atoms with van der Waals surface area (Å²) < 4.78 is 88.3. The number of benzene rings is 3. The Bertz CT molecular complexity index is 1430. The van der Waals surface area contributed by atoms with Crippen LogP contribution in [0, 0.1) is 0 Å². The molecule has 5 nitrogen and oxygen atoms in total. The fourth-order valence-electron chi connectivity index (χ4n) is 4.59. The number of nitrogens with zero attached hydrogens (tertiary/aromatic N) is 2. The van der Waals surface area contributed by atoms with Crippen molar-refractivity contribution in [2.45, 2.75) is 38.4 Å². The molecule has 0 radical (unpaired) electrons. The number of aliphatic imine (C=N–C) groups is 1. The van der Waals surface area contributed by atoms with E-state index in [0.29, 0.717) is 0 Å². The average Bonchev–Trinajstić information content (AvgIpc) is 2.92. The van der Waals surface area contributed by atoms with Crippen LogP contribution in [0.2, 0.25) is 0 Å². The minimum absolute atomic E-state index is 0.00737. The summed E-state index contributed by atoms with van der Waals surface area (Å²) in [6.07, 6.45) is -9.39. The molecule has 3 aromatic rings. The lowest BCUT2D eigenvalue weighted by atomic mass is 9.91. The first-order valence-electron chi connectivity index (χ1n) is 12.1. The van der Waals surface area contributed by atoms with E-state index in [-0.39, 0.29) is 41.4 Å². The Kier molecular flexibility index (Phi) is 8.22. The normalized spacial score (nSPS) is 17.1. The van der Waals surface area contributed by atoms with E-state index in [1.165, 1.54) is 48.2 Å². The van der Waals surface area contributed by atoms with Crippen LogP contribution in [0.15, 0.2) is 95.1 Å². The number of alkyl halides is 6. The third-order valence-electron chi connectivity index (χ3n) is 6.50. The number of rotatable bonds is 6. The van der Waals surface area contributed by atoms with Gasteiger partial charge in [-0.1, -0.05) is 66.7 Å². The second-order valence-corrected chi connectivity index (χ2v) is 9.02. The predicted octanol–water partition coefficient (Wildman–Crippen LogP) is 6.87. The second-order valence-electron chi connectivity index (χ2n) is 9.02. The summed E-state index contributed by atoms with van der Waals surface area (Å²) in [5, 5.41) is 2.91. The molecular formula is C29H25F6N3O2. The maximum atomic E-state index is 14.0. The highest BCUT2D eigenvalue weighted by Crippen LogP contribution is 2.40. The van der Waals surface area contributed by atoms with Crippen LogP contribution in [0.3, 0.4) is 0 Å². The predicted molar refractivity (Wildman–Crippen MR) is 137 cm³/mol. The fraction of sp³-hybridized carbons (Fsp3) is 0.241. The molecular weight excluding hydrogens is 536 g/mol. The molecule has 11 heteroatoms. The number of methoxy groups -OCH3 is 1. The van der Waals surface area contributed by atoms with Gasteiger partial charge in [-0.3, -0.25) is 0 Å². The molecule has 0 aliphatic carbocycles. The molecule has 4 rings (SSSR count). The van der Waals surface area contributed by atoms with Crippen LogP contribution in [0.1, 0.15) is 40.8 Å². The van der Waals surface area contributed by atoms with Crippen LogP contribution in [0.5, 0.6) is 0 Å². The van der Waals surface area contributed by atoms with Crippen LogP contribution in [0.25, 0.3) is 0 Å². The van der Waals surface area contributed by atoms with Crippen molar-refractivity contribution in [1.82, 2.24) is 10.2 Å². The highest BCUT2D eigenvalue weighted by molar-refractivity contribution is 5.96. The van der Waals surface area contributed by atoms with Gasteiger partial charge in [0.05, 0.1) is 42.9 Å². The lowest BCUT2D eigenvalue weighted by Crippen LogP contribution is -2.49. The lowest BCUT2D eigenvalue weighted by molar-refractivity contribution is -0.140. The Morgan fingerprint density at radius 1 is 0.875 bits per heavy atom. The van der Waals surface area contributed by atoms with E-state index in [1.807, 2.05) is 0 Å². The molecule has 0 bridgehead atoms. The first-order valence-corrected chi connectivity index (χ1v) is 12.1. The molecule has 1 unspecified atom stereocenters. The number of carbonyl (C=O) groups excluding carboxylic acids is 1. The highest BCUT2D eigenvalue weighted by atomic mass is 19.4. The minimum Gasteiger partial charge on any atom is -0.466 e. The third kappa shape index (κ3) is 6.13. The molecule has 210 valence electrons. The monoisotopic (exact) mass is 561 g/mol. The van der Waals surface area contributed by atoms with Crippen LogP contribution in [-0.2, 0) is 35.0 Å². The first kappa shape index (κ1) is 28.7. The highest BCUT2D eigenvalue weighted by Gasteiger charge is 2.42. The molecule has 0 aromatic heterocycles. The van der Waals surface area contributed by atoms with Crippen LogP contribution < -0.4 is 5.32 Å². The maximum Gasteiger partial charge on any atom is 0.416 e. The first-order chi connectivity index (χ1) is 18.9. The summed E-state index contributed by atoms with van der Waals surface area (Å²) in [5.74, 6) is -0.920. The number of nitrogens with one attached hydrogen (secondary N) is 1. The summed E-state index contributed by atoms with van der Waals surface area (Å²) in [6.45, 7) is 1.16.